The predicted molar refractivity (Wildman–Crippen MR) is 70.5 cm³/mol. The Labute approximate surface area is 108 Å². The Bertz CT molecular complexity index is 382. The van der Waals surface area contributed by atoms with Gasteiger partial charge in [0.1, 0.15) is 0 Å². The second-order valence-electron chi connectivity index (χ2n) is 5.48. The average Bonchev–Trinajstić information content (AvgIpc) is 2.65. The van der Waals surface area contributed by atoms with Gasteiger partial charge in [-0.1, -0.05) is 6.42 Å². The second kappa shape index (κ2) is 5.85. The molecule has 1 atom stereocenters. The van der Waals surface area contributed by atoms with Crippen molar-refractivity contribution in [1.29, 1.82) is 0 Å². The van der Waals surface area contributed by atoms with Crippen LogP contribution in [0.1, 0.15) is 49.1 Å². The van der Waals surface area contributed by atoms with Crippen molar-refractivity contribution in [3.63, 3.8) is 0 Å². The van der Waals surface area contributed by atoms with Crippen LogP contribution in [0.5, 0.6) is 0 Å². The Balaban J connectivity index is 1.60. The van der Waals surface area contributed by atoms with E-state index in [1.807, 2.05) is 0 Å². The van der Waals surface area contributed by atoms with Gasteiger partial charge in [-0.2, -0.15) is 5.10 Å². The summed E-state index contributed by atoms with van der Waals surface area (Å²) in [4.78, 5) is 0. The van der Waals surface area contributed by atoms with Crippen molar-refractivity contribution in [3.05, 3.63) is 17.0 Å². The standard InChI is InChI=1S/C14H23N3O/c1-2-6-12-13(7-3-1)16-17-14(12)9-15-11-5-4-8-18-10-11/h11,15H,1-10H2,(H,16,17)/t11-/m1/s1. The third-order valence-electron chi connectivity index (χ3n) is 4.11. The smallest absolute Gasteiger partial charge is 0.0794 e. The summed E-state index contributed by atoms with van der Waals surface area (Å²) >= 11 is 0. The van der Waals surface area contributed by atoms with E-state index in [4.69, 9.17) is 4.74 Å². The Morgan fingerprint density at radius 3 is 3.06 bits per heavy atom. The number of ether oxygens (including phenoxy) is 1. The van der Waals surface area contributed by atoms with Gasteiger partial charge in [0, 0.05) is 24.9 Å². The van der Waals surface area contributed by atoms with E-state index in [9.17, 15) is 0 Å². The number of hydrogen-bond donors (Lipinski definition) is 2. The first-order valence-corrected chi connectivity index (χ1v) is 7.29. The largest absolute Gasteiger partial charge is 0.380 e. The lowest BCUT2D eigenvalue weighted by Gasteiger charge is -2.23. The fraction of sp³-hybridized carbons (Fsp3) is 0.786. The number of H-pyrrole nitrogens is 1. The monoisotopic (exact) mass is 249 g/mol. The van der Waals surface area contributed by atoms with E-state index in [0.717, 1.165) is 19.8 Å². The Hall–Kier alpha value is -0.870. The average molecular weight is 249 g/mol. The number of aromatic amines is 1. The summed E-state index contributed by atoms with van der Waals surface area (Å²) in [6.45, 7) is 2.67. The van der Waals surface area contributed by atoms with Crippen molar-refractivity contribution in [1.82, 2.24) is 15.5 Å². The number of fused-ring (bicyclic) bond motifs is 1. The molecule has 1 aliphatic carbocycles. The topological polar surface area (TPSA) is 49.9 Å². The first-order valence-electron chi connectivity index (χ1n) is 7.29. The van der Waals surface area contributed by atoms with E-state index in [1.54, 1.807) is 0 Å². The Morgan fingerprint density at radius 2 is 2.17 bits per heavy atom. The maximum Gasteiger partial charge on any atom is 0.0794 e. The molecule has 3 rings (SSSR count). The summed E-state index contributed by atoms with van der Waals surface area (Å²) in [5.41, 5.74) is 4.10. The van der Waals surface area contributed by atoms with Gasteiger partial charge in [-0.15, -0.1) is 0 Å². The minimum Gasteiger partial charge on any atom is -0.380 e. The zero-order valence-electron chi connectivity index (χ0n) is 11.0. The van der Waals surface area contributed by atoms with E-state index in [2.05, 4.69) is 15.5 Å². The first-order chi connectivity index (χ1) is 8.93. The number of aryl methyl sites for hydroxylation is 1. The highest BCUT2D eigenvalue weighted by Crippen LogP contribution is 2.21. The van der Waals surface area contributed by atoms with Gasteiger partial charge in [0.25, 0.3) is 0 Å². The number of nitrogens with zero attached hydrogens (tertiary/aromatic N) is 1. The summed E-state index contributed by atoms with van der Waals surface area (Å²) in [5, 5.41) is 11.3. The molecule has 1 saturated heterocycles. The van der Waals surface area contributed by atoms with Gasteiger partial charge in [0.2, 0.25) is 0 Å². The summed E-state index contributed by atoms with van der Waals surface area (Å²) < 4.78 is 5.49. The lowest BCUT2D eigenvalue weighted by atomic mass is 10.1. The second-order valence-corrected chi connectivity index (χ2v) is 5.48. The molecule has 1 aliphatic heterocycles. The van der Waals surface area contributed by atoms with Crippen LogP contribution in [0.15, 0.2) is 0 Å². The highest BCUT2D eigenvalue weighted by atomic mass is 16.5. The zero-order chi connectivity index (χ0) is 12.2. The highest BCUT2D eigenvalue weighted by molar-refractivity contribution is 5.26. The first kappa shape index (κ1) is 12.2. The SMILES string of the molecule is C1CCc2[nH]nc(CN[C@@H]3CCCOC3)c2CC1. The van der Waals surface area contributed by atoms with Crippen LogP contribution in [0.2, 0.25) is 0 Å². The maximum absolute atomic E-state index is 5.49. The molecule has 100 valence electrons. The molecule has 0 amide bonds. The minimum atomic E-state index is 0.511. The summed E-state index contributed by atoms with van der Waals surface area (Å²) in [7, 11) is 0. The van der Waals surface area contributed by atoms with Crippen molar-refractivity contribution >= 4 is 0 Å². The molecule has 18 heavy (non-hydrogen) atoms. The predicted octanol–water partition coefficient (Wildman–Crippen LogP) is 1.95. The van der Waals surface area contributed by atoms with E-state index in [1.165, 1.54) is 61.9 Å². The molecule has 4 heteroatoms. The number of hydrogen-bond acceptors (Lipinski definition) is 3. The van der Waals surface area contributed by atoms with Gasteiger partial charge < -0.3 is 10.1 Å². The molecular weight excluding hydrogens is 226 g/mol. The molecule has 1 aromatic heterocycles. The van der Waals surface area contributed by atoms with Crippen molar-refractivity contribution in [2.45, 2.75) is 57.5 Å². The molecule has 0 spiro atoms. The normalized spacial score (nSPS) is 24.6. The highest BCUT2D eigenvalue weighted by Gasteiger charge is 2.18. The fourth-order valence-corrected chi connectivity index (χ4v) is 3.02. The molecular formula is C14H23N3O. The molecule has 0 radical (unpaired) electrons. The van der Waals surface area contributed by atoms with Crippen LogP contribution in [-0.2, 0) is 24.1 Å². The fourth-order valence-electron chi connectivity index (χ4n) is 3.02. The van der Waals surface area contributed by atoms with Gasteiger partial charge in [-0.25, -0.2) is 0 Å². The van der Waals surface area contributed by atoms with Crippen LogP contribution in [0.3, 0.4) is 0 Å². The molecule has 0 saturated carbocycles. The zero-order valence-corrected chi connectivity index (χ0v) is 11.0. The van der Waals surface area contributed by atoms with Crippen molar-refractivity contribution in [2.75, 3.05) is 13.2 Å². The molecule has 0 aromatic carbocycles. The van der Waals surface area contributed by atoms with E-state index < -0.39 is 0 Å². The van der Waals surface area contributed by atoms with Crippen LogP contribution >= 0.6 is 0 Å². The number of rotatable bonds is 3. The molecule has 2 aliphatic rings. The summed E-state index contributed by atoms with van der Waals surface area (Å²) in [5.74, 6) is 0. The lowest BCUT2D eigenvalue weighted by molar-refractivity contribution is 0.0698. The van der Waals surface area contributed by atoms with Gasteiger partial charge in [0.15, 0.2) is 0 Å². The molecule has 0 bridgehead atoms. The molecule has 0 unspecified atom stereocenters. The van der Waals surface area contributed by atoms with E-state index in [-0.39, 0.29) is 0 Å². The van der Waals surface area contributed by atoms with Crippen LogP contribution in [0, 0.1) is 0 Å². The van der Waals surface area contributed by atoms with Crippen molar-refractivity contribution in [3.8, 4) is 0 Å². The third kappa shape index (κ3) is 2.75. The van der Waals surface area contributed by atoms with E-state index in [0.29, 0.717) is 6.04 Å². The Kier molecular flexibility index (Phi) is 3.96. The van der Waals surface area contributed by atoms with E-state index >= 15 is 0 Å². The molecule has 4 nitrogen and oxygen atoms in total. The quantitative estimate of drug-likeness (QED) is 0.805. The summed E-state index contributed by atoms with van der Waals surface area (Å²) in [6.07, 6.45) is 8.75. The molecule has 1 fully saturated rings. The Morgan fingerprint density at radius 1 is 1.22 bits per heavy atom. The van der Waals surface area contributed by atoms with Crippen LogP contribution in [0.25, 0.3) is 0 Å². The maximum atomic E-state index is 5.49. The molecule has 2 N–H and O–H groups in total. The van der Waals surface area contributed by atoms with Gasteiger partial charge in [-0.3, -0.25) is 5.10 Å². The van der Waals surface area contributed by atoms with Crippen LogP contribution in [-0.4, -0.2) is 29.5 Å². The van der Waals surface area contributed by atoms with Crippen molar-refractivity contribution in [2.24, 2.45) is 0 Å². The van der Waals surface area contributed by atoms with Crippen LogP contribution in [0.4, 0.5) is 0 Å². The molecule has 2 heterocycles. The number of aromatic nitrogens is 2. The van der Waals surface area contributed by atoms with Gasteiger partial charge >= 0.3 is 0 Å². The lowest BCUT2D eigenvalue weighted by Crippen LogP contribution is -2.36. The van der Waals surface area contributed by atoms with Gasteiger partial charge in [0.05, 0.1) is 12.3 Å². The van der Waals surface area contributed by atoms with Crippen LogP contribution < -0.4 is 5.32 Å². The molecule has 1 aromatic rings. The van der Waals surface area contributed by atoms with Gasteiger partial charge in [-0.05, 0) is 44.1 Å². The summed E-state index contributed by atoms with van der Waals surface area (Å²) in [6, 6.07) is 0.511. The third-order valence-corrected chi connectivity index (χ3v) is 4.11. The number of nitrogens with one attached hydrogen (secondary N) is 2. The minimum absolute atomic E-state index is 0.511. The van der Waals surface area contributed by atoms with Crippen molar-refractivity contribution < 1.29 is 4.74 Å².